The summed E-state index contributed by atoms with van der Waals surface area (Å²) < 4.78 is 38.9. The Kier molecular flexibility index (Phi) is 9.50. The summed E-state index contributed by atoms with van der Waals surface area (Å²) in [7, 11) is -4.50. The lowest BCUT2D eigenvalue weighted by molar-refractivity contribution is -0.142. The van der Waals surface area contributed by atoms with Gasteiger partial charge in [0.15, 0.2) is 0 Å². The number of ether oxygens (including phenoxy) is 1. The third kappa shape index (κ3) is 8.45. The van der Waals surface area contributed by atoms with Crippen LogP contribution in [0.1, 0.15) is 25.8 Å². The van der Waals surface area contributed by atoms with E-state index < -0.39 is 45.3 Å². The molecule has 0 aliphatic rings. The van der Waals surface area contributed by atoms with Crippen LogP contribution < -0.4 is 5.32 Å². The zero-order chi connectivity index (χ0) is 22.0. The normalized spacial score (nSPS) is 15.7. The van der Waals surface area contributed by atoms with Crippen LogP contribution in [-0.2, 0) is 24.4 Å². The Labute approximate surface area is 171 Å². The van der Waals surface area contributed by atoms with Crippen molar-refractivity contribution in [2.24, 2.45) is 5.92 Å². The molecule has 0 bridgehead atoms. The summed E-state index contributed by atoms with van der Waals surface area (Å²) in [5, 5.41) is 1.38. The SMILES string of the molecule is C=CC(=O)NC(C=Cc1ccccc1)C(C)C(CC(C)OC(=O)C=C)S(=O)(=O)O. The molecule has 0 aromatic heterocycles. The predicted octanol–water partition coefficient (Wildman–Crippen LogP) is 2.77. The molecule has 8 heteroatoms. The van der Waals surface area contributed by atoms with Gasteiger partial charge in [0.2, 0.25) is 5.91 Å². The molecule has 1 aromatic carbocycles. The molecule has 0 fully saturated rings. The molecule has 0 heterocycles. The van der Waals surface area contributed by atoms with Crippen molar-refractivity contribution in [3.63, 3.8) is 0 Å². The lowest BCUT2D eigenvalue weighted by Gasteiger charge is -2.29. The summed E-state index contributed by atoms with van der Waals surface area (Å²) in [6, 6.07) is 8.52. The fourth-order valence-electron chi connectivity index (χ4n) is 2.82. The quantitative estimate of drug-likeness (QED) is 0.323. The summed E-state index contributed by atoms with van der Waals surface area (Å²) in [6.45, 7) is 9.80. The van der Waals surface area contributed by atoms with Gasteiger partial charge in [-0.25, -0.2) is 4.79 Å². The number of benzene rings is 1. The molecule has 1 aromatic rings. The lowest BCUT2D eigenvalue weighted by atomic mass is 9.93. The van der Waals surface area contributed by atoms with E-state index in [0.717, 1.165) is 17.7 Å². The Morgan fingerprint density at radius 2 is 1.79 bits per heavy atom. The molecule has 4 atom stereocenters. The second kappa shape index (κ2) is 11.3. The molecule has 0 aliphatic heterocycles. The second-order valence-corrected chi connectivity index (χ2v) is 8.24. The van der Waals surface area contributed by atoms with Gasteiger partial charge in [-0.2, -0.15) is 8.42 Å². The van der Waals surface area contributed by atoms with Crippen LogP contribution in [0.3, 0.4) is 0 Å². The topological polar surface area (TPSA) is 110 Å². The van der Waals surface area contributed by atoms with E-state index in [4.69, 9.17) is 4.74 Å². The number of carbonyl (C=O) groups is 2. The molecule has 0 saturated carbocycles. The average Bonchev–Trinajstić information content (AvgIpc) is 2.68. The van der Waals surface area contributed by atoms with E-state index in [9.17, 15) is 22.6 Å². The first-order valence-corrected chi connectivity index (χ1v) is 10.5. The molecule has 1 rings (SSSR count). The maximum Gasteiger partial charge on any atom is 0.330 e. The van der Waals surface area contributed by atoms with Gasteiger partial charge in [-0.05, 0) is 24.5 Å². The molecule has 4 unspecified atom stereocenters. The van der Waals surface area contributed by atoms with Crippen molar-refractivity contribution in [2.45, 2.75) is 37.7 Å². The first kappa shape index (κ1) is 24.3. The van der Waals surface area contributed by atoms with Crippen molar-refractivity contribution in [1.82, 2.24) is 5.32 Å². The third-order valence-electron chi connectivity index (χ3n) is 4.37. The first-order chi connectivity index (χ1) is 13.6. The largest absolute Gasteiger partial charge is 0.459 e. The summed E-state index contributed by atoms with van der Waals surface area (Å²) in [5.74, 6) is -1.92. The molecular weight excluding hydrogens is 394 g/mol. The summed E-state index contributed by atoms with van der Waals surface area (Å²) in [4.78, 5) is 23.2. The summed E-state index contributed by atoms with van der Waals surface area (Å²) in [5.41, 5.74) is 0.856. The third-order valence-corrected chi connectivity index (χ3v) is 5.76. The Morgan fingerprint density at radius 3 is 2.31 bits per heavy atom. The van der Waals surface area contributed by atoms with Crippen molar-refractivity contribution in [3.05, 3.63) is 67.3 Å². The van der Waals surface area contributed by atoms with Gasteiger partial charge in [0.25, 0.3) is 10.1 Å². The highest BCUT2D eigenvalue weighted by Gasteiger charge is 2.35. The average molecular weight is 422 g/mol. The molecule has 29 heavy (non-hydrogen) atoms. The molecular formula is C21H27NO6S. The maximum atomic E-state index is 12.0. The molecule has 158 valence electrons. The van der Waals surface area contributed by atoms with Crippen LogP contribution in [0.5, 0.6) is 0 Å². The van der Waals surface area contributed by atoms with Gasteiger partial charge in [0.05, 0.1) is 11.3 Å². The number of hydrogen-bond donors (Lipinski definition) is 2. The van der Waals surface area contributed by atoms with Crippen LogP contribution in [0.25, 0.3) is 6.08 Å². The lowest BCUT2D eigenvalue weighted by Crippen LogP contribution is -2.45. The van der Waals surface area contributed by atoms with Crippen LogP contribution in [-0.4, -0.2) is 42.2 Å². The zero-order valence-electron chi connectivity index (χ0n) is 16.5. The fraction of sp³-hybridized carbons (Fsp3) is 0.333. The van der Waals surface area contributed by atoms with E-state index in [2.05, 4.69) is 18.5 Å². The second-order valence-electron chi connectivity index (χ2n) is 6.61. The highest BCUT2D eigenvalue weighted by molar-refractivity contribution is 7.86. The smallest absolute Gasteiger partial charge is 0.330 e. The molecule has 0 radical (unpaired) electrons. The highest BCUT2D eigenvalue weighted by Crippen LogP contribution is 2.23. The standard InChI is InChI=1S/C21H27NO6S/c1-5-20(23)22-18(13-12-17-10-8-7-9-11-17)16(4)19(29(25,26)27)14-15(3)28-21(24)6-2/h5-13,15-16,18-19H,1-2,14H2,3-4H3,(H,22,23)(H,25,26,27). The number of amides is 1. The number of esters is 1. The predicted molar refractivity (Wildman–Crippen MR) is 112 cm³/mol. The Bertz CT molecular complexity index is 847. The van der Waals surface area contributed by atoms with Gasteiger partial charge in [-0.3, -0.25) is 9.35 Å². The number of carbonyl (C=O) groups excluding carboxylic acids is 2. The van der Waals surface area contributed by atoms with Crippen molar-refractivity contribution >= 4 is 28.1 Å². The Hall–Kier alpha value is -2.71. The molecule has 2 N–H and O–H groups in total. The van der Waals surface area contributed by atoms with E-state index in [0.29, 0.717) is 0 Å². The minimum atomic E-state index is -4.50. The van der Waals surface area contributed by atoms with Crippen molar-refractivity contribution < 1.29 is 27.3 Å². The minimum absolute atomic E-state index is 0.154. The van der Waals surface area contributed by atoms with Crippen LogP contribution >= 0.6 is 0 Å². The van der Waals surface area contributed by atoms with E-state index in [1.807, 2.05) is 30.3 Å². The van der Waals surface area contributed by atoms with Gasteiger partial charge in [-0.15, -0.1) is 0 Å². The number of rotatable bonds is 11. The van der Waals surface area contributed by atoms with Crippen molar-refractivity contribution in [2.75, 3.05) is 0 Å². The number of hydrogen-bond acceptors (Lipinski definition) is 5. The summed E-state index contributed by atoms with van der Waals surface area (Å²) in [6.07, 6.45) is 4.50. The molecule has 7 nitrogen and oxygen atoms in total. The van der Waals surface area contributed by atoms with Crippen LogP contribution in [0, 0.1) is 5.92 Å². The minimum Gasteiger partial charge on any atom is -0.459 e. The fourth-order valence-corrected chi connectivity index (χ4v) is 4.04. The van der Waals surface area contributed by atoms with Gasteiger partial charge in [-0.1, -0.05) is 62.6 Å². The zero-order valence-corrected chi connectivity index (χ0v) is 17.3. The van der Waals surface area contributed by atoms with Crippen molar-refractivity contribution in [1.29, 1.82) is 0 Å². The highest BCUT2D eigenvalue weighted by atomic mass is 32.2. The van der Waals surface area contributed by atoms with Crippen LogP contribution in [0.2, 0.25) is 0 Å². The van der Waals surface area contributed by atoms with E-state index in [-0.39, 0.29) is 6.42 Å². The number of nitrogens with one attached hydrogen (secondary N) is 1. The first-order valence-electron chi connectivity index (χ1n) is 9.04. The molecule has 1 amide bonds. The Morgan fingerprint density at radius 1 is 1.17 bits per heavy atom. The molecule has 0 saturated heterocycles. The van der Waals surface area contributed by atoms with Gasteiger partial charge in [0, 0.05) is 12.5 Å². The van der Waals surface area contributed by atoms with Crippen LogP contribution in [0.15, 0.2) is 61.7 Å². The maximum absolute atomic E-state index is 12.0. The van der Waals surface area contributed by atoms with Crippen molar-refractivity contribution in [3.8, 4) is 0 Å². The van der Waals surface area contributed by atoms with Gasteiger partial charge < -0.3 is 10.1 Å². The molecule has 0 spiro atoms. The van der Waals surface area contributed by atoms with E-state index >= 15 is 0 Å². The molecule has 0 aliphatic carbocycles. The Balaban J connectivity index is 3.14. The van der Waals surface area contributed by atoms with E-state index in [1.54, 1.807) is 19.1 Å². The van der Waals surface area contributed by atoms with Gasteiger partial charge >= 0.3 is 5.97 Å². The van der Waals surface area contributed by atoms with Gasteiger partial charge in [0.1, 0.15) is 6.10 Å². The summed E-state index contributed by atoms with van der Waals surface area (Å²) >= 11 is 0. The monoisotopic (exact) mass is 421 g/mol. The van der Waals surface area contributed by atoms with E-state index in [1.165, 1.54) is 6.92 Å². The van der Waals surface area contributed by atoms with Crippen LogP contribution in [0.4, 0.5) is 0 Å².